The molecule has 0 unspecified atom stereocenters. The number of aldehydes is 1. The summed E-state index contributed by atoms with van der Waals surface area (Å²) in [6, 6.07) is 1.10. The van der Waals surface area contributed by atoms with Crippen LogP contribution in [0.15, 0.2) is 6.07 Å². The van der Waals surface area contributed by atoms with E-state index in [1.165, 1.54) is 0 Å². The monoisotopic (exact) mass is 220 g/mol. The molecule has 1 aromatic rings. The van der Waals surface area contributed by atoms with Crippen molar-refractivity contribution in [2.24, 2.45) is 5.73 Å². The summed E-state index contributed by atoms with van der Waals surface area (Å²) in [5.74, 6) is 0. The van der Waals surface area contributed by atoms with Crippen molar-refractivity contribution in [1.82, 2.24) is 4.98 Å². The van der Waals surface area contributed by atoms with Gasteiger partial charge in [0.15, 0.2) is 6.29 Å². The molecule has 0 aromatic carbocycles. The van der Waals surface area contributed by atoms with Gasteiger partial charge in [0.05, 0.1) is 5.56 Å². The fraction of sp³-hybridized carbons (Fsp3) is 0.250. The molecule has 0 amide bonds. The van der Waals surface area contributed by atoms with Crippen LogP contribution in [0.3, 0.4) is 0 Å². The minimum atomic E-state index is -2.72. The summed E-state index contributed by atoms with van der Waals surface area (Å²) in [6.45, 7) is -0.0298. The van der Waals surface area contributed by atoms with E-state index in [1.807, 2.05) is 0 Å². The van der Waals surface area contributed by atoms with E-state index in [2.05, 4.69) is 4.98 Å². The van der Waals surface area contributed by atoms with Gasteiger partial charge in [-0.25, -0.2) is 13.8 Å². The maximum Gasteiger partial charge on any atom is 0.266 e. The van der Waals surface area contributed by atoms with Gasteiger partial charge in [-0.05, 0) is 11.6 Å². The zero-order valence-corrected chi connectivity index (χ0v) is 7.76. The van der Waals surface area contributed by atoms with Crippen molar-refractivity contribution in [3.05, 3.63) is 28.0 Å². The lowest BCUT2D eigenvalue weighted by molar-refractivity contribution is 0.111. The summed E-state index contributed by atoms with van der Waals surface area (Å²) in [7, 11) is 0. The summed E-state index contributed by atoms with van der Waals surface area (Å²) >= 11 is 5.44. The van der Waals surface area contributed by atoms with E-state index >= 15 is 0 Å². The van der Waals surface area contributed by atoms with Crippen LogP contribution < -0.4 is 5.73 Å². The molecule has 6 heteroatoms. The normalized spacial score (nSPS) is 10.6. The molecule has 1 heterocycles. The van der Waals surface area contributed by atoms with E-state index < -0.39 is 12.0 Å². The first-order valence-electron chi connectivity index (χ1n) is 3.72. The lowest BCUT2D eigenvalue weighted by atomic mass is 10.1. The highest BCUT2D eigenvalue weighted by atomic mass is 35.5. The highest BCUT2D eigenvalue weighted by Gasteiger charge is 2.16. The molecule has 0 bridgehead atoms. The predicted molar refractivity (Wildman–Crippen MR) is 47.5 cm³/mol. The van der Waals surface area contributed by atoms with Gasteiger partial charge in [-0.2, -0.15) is 0 Å². The lowest BCUT2D eigenvalue weighted by Gasteiger charge is -2.06. The van der Waals surface area contributed by atoms with E-state index in [-0.39, 0.29) is 23.0 Å². The number of pyridine rings is 1. The van der Waals surface area contributed by atoms with Crippen molar-refractivity contribution in [1.29, 1.82) is 0 Å². The minimum absolute atomic E-state index is 0.00176. The highest BCUT2D eigenvalue weighted by molar-refractivity contribution is 6.30. The summed E-state index contributed by atoms with van der Waals surface area (Å²) in [6.07, 6.45) is -2.29. The van der Waals surface area contributed by atoms with Crippen LogP contribution in [-0.4, -0.2) is 11.3 Å². The van der Waals surface area contributed by atoms with Gasteiger partial charge in [-0.1, -0.05) is 11.6 Å². The van der Waals surface area contributed by atoms with Crippen LogP contribution in [0.4, 0.5) is 8.78 Å². The maximum atomic E-state index is 12.3. The van der Waals surface area contributed by atoms with Gasteiger partial charge in [-0.15, -0.1) is 0 Å². The van der Waals surface area contributed by atoms with Crippen LogP contribution in [-0.2, 0) is 6.54 Å². The Hall–Kier alpha value is -1.07. The third-order valence-corrected chi connectivity index (χ3v) is 1.98. The molecule has 1 aromatic heterocycles. The number of alkyl halides is 2. The van der Waals surface area contributed by atoms with E-state index in [0.717, 1.165) is 6.07 Å². The van der Waals surface area contributed by atoms with Gasteiger partial charge in [0, 0.05) is 6.54 Å². The Morgan fingerprint density at radius 3 is 2.71 bits per heavy atom. The number of hydrogen-bond donors (Lipinski definition) is 1. The molecule has 0 aliphatic rings. The quantitative estimate of drug-likeness (QED) is 0.626. The number of carbonyl (C=O) groups excluding carboxylic acids is 1. The van der Waals surface area contributed by atoms with Crippen LogP contribution in [0, 0.1) is 0 Å². The Labute approximate surface area is 83.9 Å². The molecule has 0 atom stereocenters. The van der Waals surface area contributed by atoms with Crippen molar-refractivity contribution >= 4 is 17.9 Å². The molecule has 1 rings (SSSR count). The van der Waals surface area contributed by atoms with E-state index in [0.29, 0.717) is 6.29 Å². The number of halogens is 3. The first-order chi connectivity index (χ1) is 6.60. The molecule has 76 valence electrons. The average Bonchev–Trinajstić information content (AvgIpc) is 2.16. The third-order valence-electron chi connectivity index (χ3n) is 1.68. The number of rotatable bonds is 3. The Kier molecular flexibility index (Phi) is 3.49. The second-order valence-electron chi connectivity index (χ2n) is 2.54. The van der Waals surface area contributed by atoms with Gasteiger partial charge in [-0.3, -0.25) is 4.79 Å². The van der Waals surface area contributed by atoms with Crippen molar-refractivity contribution in [3.63, 3.8) is 0 Å². The molecule has 0 saturated carbocycles. The van der Waals surface area contributed by atoms with Gasteiger partial charge in [0.1, 0.15) is 10.8 Å². The molecule has 2 N–H and O–H groups in total. The lowest BCUT2D eigenvalue weighted by Crippen LogP contribution is -2.05. The van der Waals surface area contributed by atoms with Crippen LogP contribution in [0.25, 0.3) is 0 Å². The Morgan fingerprint density at radius 1 is 1.64 bits per heavy atom. The van der Waals surface area contributed by atoms with Crippen LogP contribution in [0.1, 0.15) is 28.0 Å². The van der Waals surface area contributed by atoms with Gasteiger partial charge >= 0.3 is 0 Å². The fourth-order valence-electron chi connectivity index (χ4n) is 0.982. The van der Waals surface area contributed by atoms with Crippen LogP contribution in [0.5, 0.6) is 0 Å². The van der Waals surface area contributed by atoms with Crippen LogP contribution >= 0.6 is 11.6 Å². The molecule has 0 radical (unpaired) electrons. The molecule has 0 saturated heterocycles. The first-order valence-corrected chi connectivity index (χ1v) is 4.10. The van der Waals surface area contributed by atoms with Crippen molar-refractivity contribution < 1.29 is 13.6 Å². The summed E-state index contributed by atoms with van der Waals surface area (Å²) in [5, 5.41) is -0.362. The zero-order valence-electron chi connectivity index (χ0n) is 7.01. The zero-order chi connectivity index (χ0) is 10.7. The topological polar surface area (TPSA) is 56.0 Å². The highest BCUT2D eigenvalue weighted by Crippen LogP contribution is 2.26. The molecule has 14 heavy (non-hydrogen) atoms. The SMILES string of the molecule is NCc1cc(C(F)F)c(Cl)nc1C=O. The number of nitrogens with two attached hydrogens (primary N) is 1. The molecular weight excluding hydrogens is 214 g/mol. The van der Waals surface area contributed by atoms with E-state index in [1.54, 1.807) is 0 Å². The first kappa shape index (κ1) is 11.0. The number of aromatic nitrogens is 1. The van der Waals surface area contributed by atoms with E-state index in [9.17, 15) is 13.6 Å². The average molecular weight is 221 g/mol. The van der Waals surface area contributed by atoms with E-state index in [4.69, 9.17) is 17.3 Å². The van der Waals surface area contributed by atoms with Crippen LogP contribution in [0.2, 0.25) is 5.15 Å². The Bertz CT molecular complexity index is 357. The molecule has 0 fully saturated rings. The Balaban J connectivity index is 3.30. The second-order valence-corrected chi connectivity index (χ2v) is 2.89. The summed E-state index contributed by atoms with van der Waals surface area (Å²) < 4.78 is 24.7. The second kappa shape index (κ2) is 4.43. The van der Waals surface area contributed by atoms with Crippen molar-refractivity contribution in [2.75, 3.05) is 0 Å². The van der Waals surface area contributed by atoms with Crippen molar-refractivity contribution in [2.45, 2.75) is 13.0 Å². The Morgan fingerprint density at radius 2 is 2.29 bits per heavy atom. The summed E-state index contributed by atoms with van der Waals surface area (Å²) in [5.41, 5.74) is 5.12. The fourth-order valence-corrected chi connectivity index (χ4v) is 1.21. The smallest absolute Gasteiger partial charge is 0.266 e. The van der Waals surface area contributed by atoms with Gasteiger partial charge in [0.25, 0.3) is 6.43 Å². The van der Waals surface area contributed by atoms with Crippen molar-refractivity contribution in [3.8, 4) is 0 Å². The maximum absolute atomic E-state index is 12.3. The standard InChI is InChI=1S/C8H7ClF2N2O/c9-7-5(8(10)11)1-4(2-12)6(3-14)13-7/h1,3,8H,2,12H2. The number of carbonyl (C=O) groups is 1. The molecule has 0 spiro atoms. The predicted octanol–water partition coefficient (Wildman–Crippen LogP) is 1.94. The molecule has 3 nitrogen and oxygen atoms in total. The molecular formula is C8H7ClF2N2O. The molecule has 0 aliphatic carbocycles. The van der Waals surface area contributed by atoms with Gasteiger partial charge < -0.3 is 5.73 Å². The minimum Gasteiger partial charge on any atom is -0.326 e. The van der Waals surface area contributed by atoms with Gasteiger partial charge in [0.2, 0.25) is 0 Å². The molecule has 0 aliphatic heterocycles. The third kappa shape index (κ3) is 2.05. The largest absolute Gasteiger partial charge is 0.326 e. The summed E-state index contributed by atoms with van der Waals surface area (Å²) in [4.78, 5) is 14.0. The number of hydrogen-bond acceptors (Lipinski definition) is 3. The number of nitrogens with zero attached hydrogens (tertiary/aromatic N) is 1.